The fourth-order valence-corrected chi connectivity index (χ4v) is 1.32. The van der Waals surface area contributed by atoms with E-state index in [4.69, 9.17) is 0 Å². The van der Waals surface area contributed by atoms with Gasteiger partial charge < -0.3 is 15.2 Å². The lowest BCUT2D eigenvalue weighted by Gasteiger charge is -2.11. The van der Waals surface area contributed by atoms with Crippen LogP contribution in [0.15, 0.2) is 6.33 Å². The van der Waals surface area contributed by atoms with E-state index in [0.29, 0.717) is 19.5 Å². The van der Waals surface area contributed by atoms with Gasteiger partial charge in [-0.25, -0.2) is 0 Å². The first kappa shape index (κ1) is 13.6. The van der Waals surface area contributed by atoms with E-state index in [0.717, 1.165) is 12.2 Å². The van der Waals surface area contributed by atoms with Crippen LogP contribution in [0.25, 0.3) is 0 Å². The quantitative estimate of drug-likeness (QED) is 0.667. The number of aromatic nitrogens is 3. The Morgan fingerprint density at radius 2 is 2.35 bits per heavy atom. The molecule has 17 heavy (non-hydrogen) atoms. The van der Waals surface area contributed by atoms with Crippen molar-refractivity contribution in [1.82, 2.24) is 25.4 Å². The van der Waals surface area contributed by atoms with Crippen LogP contribution in [-0.2, 0) is 18.4 Å². The van der Waals surface area contributed by atoms with Crippen LogP contribution in [0.4, 0.5) is 0 Å². The number of hydrogen-bond acceptors (Lipinski definition) is 4. The minimum Gasteiger partial charge on any atom is -0.354 e. The van der Waals surface area contributed by atoms with E-state index in [1.165, 1.54) is 0 Å². The highest BCUT2D eigenvalue weighted by molar-refractivity contribution is 5.76. The zero-order valence-corrected chi connectivity index (χ0v) is 10.7. The number of amides is 1. The third-order valence-corrected chi connectivity index (χ3v) is 2.64. The van der Waals surface area contributed by atoms with Gasteiger partial charge in [0.25, 0.3) is 0 Å². The summed E-state index contributed by atoms with van der Waals surface area (Å²) in [5, 5.41) is 13.8. The van der Waals surface area contributed by atoms with Gasteiger partial charge in [0.1, 0.15) is 12.2 Å². The van der Waals surface area contributed by atoms with Crippen LogP contribution in [0.1, 0.15) is 32.5 Å². The zero-order chi connectivity index (χ0) is 12.7. The Morgan fingerprint density at radius 3 is 2.94 bits per heavy atom. The van der Waals surface area contributed by atoms with Crippen molar-refractivity contribution in [2.75, 3.05) is 6.54 Å². The number of nitrogens with zero attached hydrogens (tertiary/aromatic N) is 3. The summed E-state index contributed by atoms with van der Waals surface area (Å²) in [6.07, 6.45) is 3.10. The second kappa shape index (κ2) is 7.01. The molecule has 0 aliphatic rings. The second-order valence-corrected chi connectivity index (χ2v) is 4.16. The maximum atomic E-state index is 11.5. The smallest absolute Gasteiger partial charge is 0.221 e. The molecule has 1 unspecified atom stereocenters. The van der Waals surface area contributed by atoms with Gasteiger partial charge >= 0.3 is 0 Å². The summed E-state index contributed by atoms with van der Waals surface area (Å²) in [7, 11) is 1.90. The van der Waals surface area contributed by atoms with Crippen molar-refractivity contribution in [3.05, 3.63) is 12.2 Å². The van der Waals surface area contributed by atoms with Crippen LogP contribution in [0.5, 0.6) is 0 Å². The zero-order valence-electron chi connectivity index (χ0n) is 10.7. The van der Waals surface area contributed by atoms with Crippen LogP contribution in [0.3, 0.4) is 0 Å². The second-order valence-electron chi connectivity index (χ2n) is 4.16. The minimum atomic E-state index is 0.0878. The van der Waals surface area contributed by atoms with Crippen molar-refractivity contribution in [1.29, 1.82) is 0 Å². The molecule has 0 saturated heterocycles. The molecule has 0 radical (unpaired) electrons. The van der Waals surface area contributed by atoms with Crippen molar-refractivity contribution in [2.24, 2.45) is 7.05 Å². The molecule has 0 aromatic carbocycles. The summed E-state index contributed by atoms with van der Waals surface area (Å²) in [6.45, 7) is 5.34. The summed E-state index contributed by atoms with van der Waals surface area (Å²) >= 11 is 0. The number of carbonyl (C=O) groups is 1. The van der Waals surface area contributed by atoms with Gasteiger partial charge in [0.2, 0.25) is 5.91 Å². The average molecular weight is 239 g/mol. The van der Waals surface area contributed by atoms with Crippen LogP contribution in [0, 0.1) is 0 Å². The summed E-state index contributed by atoms with van der Waals surface area (Å²) in [5.41, 5.74) is 0. The molecule has 1 heterocycles. The standard InChI is InChI=1S/C11H21N5O/c1-4-9(2)14-11(17)5-6-12-7-10-15-13-8-16(10)3/h8-9,12H,4-7H2,1-3H3,(H,14,17). The number of rotatable bonds is 7. The van der Waals surface area contributed by atoms with E-state index in [9.17, 15) is 4.79 Å². The normalized spacial score (nSPS) is 12.4. The average Bonchev–Trinajstić information content (AvgIpc) is 2.70. The van der Waals surface area contributed by atoms with Gasteiger partial charge in [0.05, 0.1) is 6.54 Å². The van der Waals surface area contributed by atoms with Crippen LogP contribution in [0.2, 0.25) is 0 Å². The van der Waals surface area contributed by atoms with Crippen molar-refractivity contribution in [3.8, 4) is 0 Å². The number of aryl methyl sites for hydroxylation is 1. The predicted molar refractivity (Wildman–Crippen MR) is 65.2 cm³/mol. The lowest BCUT2D eigenvalue weighted by Crippen LogP contribution is -2.34. The topological polar surface area (TPSA) is 71.8 Å². The van der Waals surface area contributed by atoms with E-state index in [2.05, 4.69) is 27.8 Å². The number of nitrogens with one attached hydrogen (secondary N) is 2. The van der Waals surface area contributed by atoms with Gasteiger partial charge in [-0.05, 0) is 13.3 Å². The van der Waals surface area contributed by atoms with Crippen LogP contribution >= 0.6 is 0 Å². The Hall–Kier alpha value is -1.43. The molecule has 1 atom stereocenters. The Kier molecular flexibility index (Phi) is 5.62. The van der Waals surface area contributed by atoms with Gasteiger partial charge in [-0.2, -0.15) is 0 Å². The van der Waals surface area contributed by atoms with Gasteiger partial charge in [0.15, 0.2) is 0 Å². The van der Waals surface area contributed by atoms with E-state index in [-0.39, 0.29) is 11.9 Å². The van der Waals surface area contributed by atoms with Crippen LogP contribution < -0.4 is 10.6 Å². The lowest BCUT2D eigenvalue weighted by molar-refractivity contribution is -0.121. The summed E-state index contributed by atoms with van der Waals surface area (Å²) in [4.78, 5) is 11.5. The molecule has 6 nitrogen and oxygen atoms in total. The third kappa shape index (κ3) is 4.95. The predicted octanol–water partition coefficient (Wildman–Crippen LogP) is 0.210. The molecule has 0 fully saturated rings. The first-order valence-corrected chi connectivity index (χ1v) is 5.96. The molecule has 0 aliphatic carbocycles. The monoisotopic (exact) mass is 239 g/mol. The van der Waals surface area contributed by atoms with E-state index >= 15 is 0 Å². The first-order chi connectivity index (χ1) is 8.13. The third-order valence-electron chi connectivity index (χ3n) is 2.64. The highest BCUT2D eigenvalue weighted by atomic mass is 16.1. The fourth-order valence-electron chi connectivity index (χ4n) is 1.32. The van der Waals surface area contributed by atoms with E-state index < -0.39 is 0 Å². The molecule has 0 saturated carbocycles. The summed E-state index contributed by atoms with van der Waals surface area (Å²) in [5.74, 6) is 0.956. The lowest BCUT2D eigenvalue weighted by atomic mass is 10.2. The maximum Gasteiger partial charge on any atom is 0.221 e. The van der Waals surface area contributed by atoms with Crippen molar-refractivity contribution in [2.45, 2.75) is 39.3 Å². The Labute approximate surface area is 102 Å². The first-order valence-electron chi connectivity index (χ1n) is 5.96. The number of hydrogen-bond donors (Lipinski definition) is 2. The van der Waals surface area contributed by atoms with E-state index in [1.54, 1.807) is 6.33 Å². The molecule has 0 bridgehead atoms. The molecule has 1 rings (SSSR count). The largest absolute Gasteiger partial charge is 0.354 e. The SMILES string of the molecule is CCC(C)NC(=O)CCNCc1nncn1C. The van der Waals surface area contributed by atoms with Gasteiger partial charge in [-0.1, -0.05) is 6.92 Å². The van der Waals surface area contributed by atoms with Crippen molar-refractivity contribution >= 4 is 5.91 Å². The molecule has 2 N–H and O–H groups in total. The highest BCUT2D eigenvalue weighted by Gasteiger charge is 2.05. The van der Waals surface area contributed by atoms with E-state index in [1.807, 2.05) is 18.5 Å². The Bertz CT molecular complexity index is 349. The molecule has 1 aromatic rings. The molecule has 1 aromatic heterocycles. The van der Waals surface area contributed by atoms with Crippen molar-refractivity contribution < 1.29 is 4.79 Å². The molecule has 0 aliphatic heterocycles. The highest BCUT2D eigenvalue weighted by Crippen LogP contribution is 1.91. The molecule has 1 amide bonds. The summed E-state index contributed by atoms with van der Waals surface area (Å²) in [6, 6.07) is 0.251. The summed E-state index contributed by atoms with van der Waals surface area (Å²) < 4.78 is 1.85. The fraction of sp³-hybridized carbons (Fsp3) is 0.727. The molecular formula is C11H21N5O. The van der Waals surface area contributed by atoms with Crippen molar-refractivity contribution in [3.63, 3.8) is 0 Å². The number of carbonyl (C=O) groups excluding carboxylic acids is 1. The Morgan fingerprint density at radius 1 is 1.59 bits per heavy atom. The Balaban J connectivity index is 2.12. The maximum absolute atomic E-state index is 11.5. The molecular weight excluding hydrogens is 218 g/mol. The molecule has 6 heteroatoms. The van der Waals surface area contributed by atoms with Crippen LogP contribution in [-0.4, -0.2) is 33.3 Å². The minimum absolute atomic E-state index is 0.0878. The van der Waals surface area contributed by atoms with Gasteiger partial charge in [-0.3, -0.25) is 4.79 Å². The van der Waals surface area contributed by atoms with Gasteiger partial charge in [-0.15, -0.1) is 10.2 Å². The van der Waals surface area contributed by atoms with Gasteiger partial charge in [0, 0.05) is 26.1 Å². The molecule has 0 spiro atoms. The molecule has 96 valence electrons.